The van der Waals surface area contributed by atoms with Gasteiger partial charge in [-0.05, 0) is 74.1 Å². The Labute approximate surface area is 296 Å². The van der Waals surface area contributed by atoms with E-state index < -0.39 is 25.9 Å². The third-order valence-electron chi connectivity index (χ3n) is 10.4. The number of aliphatic hydroxyl groups excluding tert-OH is 1. The van der Waals surface area contributed by atoms with Crippen molar-refractivity contribution in [2.45, 2.75) is 56.7 Å². The fraction of sp³-hybridized carbons (Fsp3) is 0.282. The van der Waals surface area contributed by atoms with Crippen molar-refractivity contribution in [2.75, 3.05) is 16.4 Å². The molecule has 4 aromatic carbocycles. The first-order chi connectivity index (χ1) is 24.6. The smallest absolute Gasteiger partial charge is 0.268 e. The monoisotopic (exact) mass is 701 g/mol. The van der Waals surface area contributed by atoms with Crippen LogP contribution in [0.3, 0.4) is 0 Å². The predicted octanol–water partition coefficient (Wildman–Crippen LogP) is 6.46. The maximum atomic E-state index is 15.1. The van der Waals surface area contributed by atoms with E-state index in [4.69, 9.17) is 9.47 Å². The van der Waals surface area contributed by atoms with Gasteiger partial charge in [-0.2, -0.15) is 0 Å². The Morgan fingerprint density at radius 1 is 0.863 bits per heavy atom. The molecule has 51 heavy (non-hydrogen) atoms. The standard InChI is InChI=1S/C39H39N5O6Si/c1-25-36(51(2,3)48)35(19-21-42-24-26(20-22-45)40-41-42)50-39(25)30-23-28(17-18-31(30)44(38(39)47)27-11-5-4-6-12-27)43-32-14-8-10-16-34(32)49-33-15-9-7-13-29(33)37(43)46/h4-18,23-25,35-36,45,48H,19-22H2,1-3H3/t25-,35+,36-,39+/m0/s1. The summed E-state index contributed by atoms with van der Waals surface area (Å²) in [6, 6.07) is 29.7. The maximum absolute atomic E-state index is 15.1. The molecule has 0 unspecified atom stereocenters. The van der Waals surface area contributed by atoms with Crippen LogP contribution >= 0.6 is 0 Å². The molecule has 4 atom stereocenters. The summed E-state index contributed by atoms with van der Waals surface area (Å²) in [5.74, 6) is 0.0803. The van der Waals surface area contributed by atoms with Crippen LogP contribution in [0.2, 0.25) is 18.6 Å². The van der Waals surface area contributed by atoms with Crippen molar-refractivity contribution in [3.05, 3.63) is 120 Å². The highest BCUT2D eigenvalue weighted by atomic mass is 28.4. The molecule has 5 aromatic rings. The summed E-state index contributed by atoms with van der Waals surface area (Å²) in [6.07, 6.45) is 2.21. The summed E-state index contributed by atoms with van der Waals surface area (Å²) in [5, 5.41) is 17.7. The van der Waals surface area contributed by atoms with E-state index in [0.717, 1.165) is 0 Å². The van der Waals surface area contributed by atoms with Crippen LogP contribution in [-0.2, 0) is 28.1 Å². The van der Waals surface area contributed by atoms with Gasteiger partial charge in [-0.25, -0.2) is 0 Å². The quantitative estimate of drug-likeness (QED) is 0.176. The van der Waals surface area contributed by atoms with E-state index in [0.29, 0.717) is 70.5 Å². The summed E-state index contributed by atoms with van der Waals surface area (Å²) >= 11 is 0. The lowest BCUT2D eigenvalue weighted by Crippen LogP contribution is -2.45. The lowest BCUT2D eigenvalue weighted by Gasteiger charge is -2.32. The van der Waals surface area contributed by atoms with Gasteiger partial charge < -0.3 is 19.4 Å². The Hall–Kier alpha value is -5.14. The largest absolute Gasteiger partial charge is 0.454 e. The molecule has 1 fully saturated rings. The number of anilines is 4. The highest BCUT2D eigenvalue weighted by Crippen LogP contribution is 2.61. The molecule has 11 nitrogen and oxygen atoms in total. The van der Waals surface area contributed by atoms with Crippen molar-refractivity contribution < 1.29 is 29.0 Å². The van der Waals surface area contributed by atoms with Gasteiger partial charge in [0.1, 0.15) is 5.75 Å². The Morgan fingerprint density at radius 3 is 2.35 bits per heavy atom. The first-order valence-electron chi connectivity index (χ1n) is 17.3. The lowest BCUT2D eigenvalue weighted by molar-refractivity contribution is -0.145. The van der Waals surface area contributed by atoms with E-state index in [2.05, 4.69) is 10.3 Å². The summed E-state index contributed by atoms with van der Waals surface area (Å²) < 4.78 is 15.1. The van der Waals surface area contributed by atoms with E-state index in [1.807, 2.05) is 105 Å². The molecule has 12 heteroatoms. The molecule has 1 spiro atoms. The van der Waals surface area contributed by atoms with E-state index in [-0.39, 0.29) is 24.0 Å². The number of fused-ring (bicyclic) bond motifs is 4. The van der Waals surface area contributed by atoms with Gasteiger partial charge in [-0.3, -0.25) is 24.1 Å². The zero-order chi connectivity index (χ0) is 35.5. The average Bonchev–Trinajstić information content (AvgIpc) is 3.75. The number of hydrogen-bond donors (Lipinski definition) is 2. The third-order valence-corrected chi connectivity index (χ3v) is 12.9. The second-order valence-electron chi connectivity index (χ2n) is 14.0. The van der Waals surface area contributed by atoms with Crippen molar-refractivity contribution in [3.8, 4) is 11.5 Å². The molecule has 1 aromatic heterocycles. The number of nitrogens with zero attached hydrogens (tertiary/aromatic N) is 5. The molecule has 2 N–H and O–H groups in total. The number of para-hydroxylation sites is 4. The SMILES string of the molecule is C[C@H]1[C@H]([Si](C)(C)O)[C@@H](CCn2cc(CCO)nn2)O[C@]12C(=O)N(c1ccccc1)c1ccc(N3C(=O)c4ccccc4Oc4ccccc43)cc12. The van der Waals surface area contributed by atoms with Gasteiger partial charge in [0.25, 0.3) is 11.8 Å². The summed E-state index contributed by atoms with van der Waals surface area (Å²) in [6.45, 7) is 6.23. The van der Waals surface area contributed by atoms with Crippen LogP contribution in [0.4, 0.5) is 22.7 Å². The van der Waals surface area contributed by atoms with Gasteiger partial charge in [0.05, 0.1) is 28.7 Å². The van der Waals surface area contributed by atoms with Crippen molar-refractivity contribution in [2.24, 2.45) is 5.92 Å². The molecule has 2 amide bonds. The number of benzene rings is 4. The van der Waals surface area contributed by atoms with Crippen LogP contribution in [0.15, 0.2) is 103 Å². The fourth-order valence-electron chi connectivity index (χ4n) is 8.23. The van der Waals surface area contributed by atoms with Crippen molar-refractivity contribution in [3.63, 3.8) is 0 Å². The van der Waals surface area contributed by atoms with Gasteiger partial charge in [-0.15, -0.1) is 5.10 Å². The van der Waals surface area contributed by atoms with E-state index in [1.165, 1.54) is 0 Å². The zero-order valence-corrected chi connectivity index (χ0v) is 29.6. The Morgan fingerprint density at radius 2 is 1.59 bits per heavy atom. The molecule has 0 saturated carbocycles. The van der Waals surface area contributed by atoms with Crippen LogP contribution in [0.1, 0.15) is 35.0 Å². The Balaban J connectivity index is 1.27. The van der Waals surface area contributed by atoms with E-state index in [9.17, 15) is 14.7 Å². The highest BCUT2D eigenvalue weighted by Gasteiger charge is 2.66. The minimum atomic E-state index is -2.95. The van der Waals surface area contributed by atoms with Crippen LogP contribution in [0.25, 0.3) is 0 Å². The molecule has 0 aliphatic carbocycles. The normalized spacial score (nSPS) is 22.5. The molecule has 3 aliphatic heterocycles. The minimum absolute atomic E-state index is 0.0214. The number of hydrogen-bond acceptors (Lipinski definition) is 8. The molecular formula is C39H39N5O6Si. The predicted molar refractivity (Wildman–Crippen MR) is 194 cm³/mol. The maximum Gasteiger partial charge on any atom is 0.268 e. The van der Waals surface area contributed by atoms with Crippen LogP contribution in [-0.4, -0.2) is 57.7 Å². The second-order valence-corrected chi connectivity index (χ2v) is 18.0. The minimum Gasteiger partial charge on any atom is -0.454 e. The topological polar surface area (TPSA) is 130 Å². The third kappa shape index (κ3) is 5.37. The summed E-state index contributed by atoms with van der Waals surface area (Å²) in [7, 11) is -2.95. The number of carbonyl (C=O) groups is 2. The van der Waals surface area contributed by atoms with Gasteiger partial charge in [0.15, 0.2) is 19.7 Å². The number of carbonyl (C=O) groups excluding carboxylic acids is 2. The average molecular weight is 702 g/mol. The number of aliphatic hydroxyl groups is 1. The number of ether oxygens (including phenoxy) is 2. The first kappa shape index (κ1) is 33.0. The molecule has 1 saturated heterocycles. The van der Waals surface area contributed by atoms with Crippen LogP contribution in [0.5, 0.6) is 11.5 Å². The van der Waals surface area contributed by atoms with E-state index in [1.54, 1.807) is 32.8 Å². The van der Waals surface area contributed by atoms with Crippen LogP contribution < -0.4 is 14.5 Å². The van der Waals surface area contributed by atoms with Crippen molar-refractivity contribution >= 4 is 42.9 Å². The Bertz CT molecular complexity index is 2130. The number of amides is 2. The highest BCUT2D eigenvalue weighted by molar-refractivity contribution is 6.71. The molecule has 260 valence electrons. The molecule has 3 aliphatic rings. The lowest BCUT2D eigenvalue weighted by atomic mass is 9.82. The number of aryl methyl sites for hydroxylation is 1. The number of rotatable bonds is 8. The molecule has 0 bridgehead atoms. The summed E-state index contributed by atoms with van der Waals surface area (Å²) in [4.78, 5) is 44.7. The zero-order valence-electron chi connectivity index (χ0n) is 28.6. The fourth-order valence-corrected chi connectivity index (χ4v) is 10.8. The molecule has 0 radical (unpaired) electrons. The van der Waals surface area contributed by atoms with Gasteiger partial charge >= 0.3 is 0 Å². The Kier molecular flexibility index (Phi) is 8.14. The number of aromatic nitrogens is 3. The molecular weight excluding hydrogens is 663 g/mol. The second kappa shape index (κ2) is 12.6. The first-order valence-corrected chi connectivity index (χ1v) is 20.3. The van der Waals surface area contributed by atoms with Crippen molar-refractivity contribution in [1.82, 2.24) is 15.0 Å². The van der Waals surface area contributed by atoms with Gasteiger partial charge in [0.2, 0.25) is 0 Å². The van der Waals surface area contributed by atoms with E-state index >= 15 is 4.79 Å². The summed E-state index contributed by atoms with van der Waals surface area (Å²) in [5.41, 5.74) is 2.48. The van der Waals surface area contributed by atoms with Crippen LogP contribution in [0, 0.1) is 5.92 Å². The van der Waals surface area contributed by atoms with Gasteiger partial charge in [0, 0.05) is 54.2 Å². The molecule has 8 rings (SSSR count). The van der Waals surface area contributed by atoms with Crippen molar-refractivity contribution in [1.29, 1.82) is 0 Å². The van der Waals surface area contributed by atoms with Gasteiger partial charge in [-0.1, -0.05) is 54.6 Å². The molecule has 4 heterocycles.